The Morgan fingerprint density at radius 3 is 2.67 bits per heavy atom. The van der Waals surface area contributed by atoms with Gasteiger partial charge in [0.2, 0.25) is 0 Å². The highest BCUT2D eigenvalue weighted by molar-refractivity contribution is 6.31. The van der Waals surface area contributed by atoms with E-state index in [0.717, 1.165) is 34.2 Å². The van der Waals surface area contributed by atoms with Crippen molar-refractivity contribution in [2.75, 3.05) is 0 Å². The fourth-order valence-corrected chi connectivity index (χ4v) is 1.94. The number of aryl methyl sites for hydroxylation is 1. The van der Waals surface area contributed by atoms with Gasteiger partial charge in [0.25, 0.3) is 0 Å². The van der Waals surface area contributed by atoms with Gasteiger partial charge in [0, 0.05) is 22.7 Å². The molecule has 0 amide bonds. The van der Waals surface area contributed by atoms with Crippen molar-refractivity contribution in [2.45, 2.75) is 46.4 Å². The summed E-state index contributed by atoms with van der Waals surface area (Å²) in [6.07, 6.45) is 1.77. The van der Waals surface area contributed by atoms with Gasteiger partial charge >= 0.3 is 0 Å². The average molecular weight is 308 g/mol. The minimum absolute atomic E-state index is 0.0920. The summed E-state index contributed by atoms with van der Waals surface area (Å²) in [4.78, 5) is 0. The van der Waals surface area contributed by atoms with Crippen molar-refractivity contribution in [2.24, 2.45) is 0 Å². The van der Waals surface area contributed by atoms with E-state index in [1.165, 1.54) is 0 Å². The van der Waals surface area contributed by atoms with Crippen molar-refractivity contribution >= 4 is 11.6 Å². The first-order valence-corrected chi connectivity index (χ1v) is 7.41. The Morgan fingerprint density at radius 1 is 1.24 bits per heavy atom. The van der Waals surface area contributed by atoms with E-state index in [0.29, 0.717) is 6.61 Å². The van der Waals surface area contributed by atoms with Gasteiger partial charge in [-0.15, -0.1) is 0 Å². The van der Waals surface area contributed by atoms with Crippen LogP contribution in [0.1, 0.15) is 37.7 Å². The number of furan rings is 1. The highest BCUT2D eigenvalue weighted by Gasteiger charge is 2.10. The summed E-state index contributed by atoms with van der Waals surface area (Å²) in [5.74, 6) is 1.61. The standard InChI is InChI=1S/C17H22ClNO2/c1-12-7-14(5-6-16(12)18)21-11-15-8-13(10-20-15)9-19-17(2,3)4/h5-8,10,19H,9,11H2,1-4H3. The number of hydrogen-bond donors (Lipinski definition) is 1. The number of halogens is 1. The summed E-state index contributed by atoms with van der Waals surface area (Å²) in [5.41, 5.74) is 2.22. The molecule has 0 spiro atoms. The maximum absolute atomic E-state index is 5.99. The summed E-state index contributed by atoms with van der Waals surface area (Å²) in [6.45, 7) is 9.57. The first kappa shape index (κ1) is 15.9. The molecular weight excluding hydrogens is 286 g/mol. The van der Waals surface area contributed by atoms with E-state index in [9.17, 15) is 0 Å². The lowest BCUT2D eigenvalue weighted by Crippen LogP contribution is -2.34. The van der Waals surface area contributed by atoms with Crippen molar-refractivity contribution in [3.63, 3.8) is 0 Å². The molecule has 0 unspecified atom stereocenters. The monoisotopic (exact) mass is 307 g/mol. The van der Waals surface area contributed by atoms with Crippen LogP contribution in [0.25, 0.3) is 0 Å². The van der Waals surface area contributed by atoms with E-state index in [1.807, 2.05) is 31.2 Å². The molecule has 1 aromatic heterocycles. The maximum Gasteiger partial charge on any atom is 0.146 e. The molecule has 1 heterocycles. The number of nitrogens with one attached hydrogen (secondary N) is 1. The summed E-state index contributed by atoms with van der Waals surface area (Å²) in [5, 5.41) is 4.17. The van der Waals surface area contributed by atoms with E-state index in [2.05, 4.69) is 26.1 Å². The minimum Gasteiger partial charge on any atom is -0.486 e. The van der Waals surface area contributed by atoms with Crippen molar-refractivity contribution in [1.29, 1.82) is 0 Å². The highest BCUT2D eigenvalue weighted by Crippen LogP contribution is 2.22. The van der Waals surface area contributed by atoms with Gasteiger partial charge in [-0.05, 0) is 57.5 Å². The molecule has 114 valence electrons. The number of rotatable bonds is 5. The predicted molar refractivity (Wildman–Crippen MR) is 85.8 cm³/mol. The van der Waals surface area contributed by atoms with Crippen LogP contribution in [0.5, 0.6) is 5.75 Å². The fraction of sp³-hybridized carbons (Fsp3) is 0.412. The van der Waals surface area contributed by atoms with E-state index >= 15 is 0 Å². The topological polar surface area (TPSA) is 34.4 Å². The van der Waals surface area contributed by atoms with Gasteiger partial charge in [0.15, 0.2) is 0 Å². The molecule has 0 aliphatic carbocycles. The van der Waals surface area contributed by atoms with Gasteiger partial charge in [-0.3, -0.25) is 0 Å². The van der Waals surface area contributed by atoms with Crippen LogP contribution < -0.4 is 10.1 Å². The number of benzene rings is 1. The molecule has 0 aliphatic rings. The van der Waals surface area contributed by atoms with E-state index in [4.69, 9.17) is 20.8 Å². The van der Waals surface area contributed by atoms with E-state index < -0.39 is 0 Å². The minimum atomic E-state index is 0.0920. The maximum atomic E-state index is 5.99. The Labute approximate surface area is 131 Å². The van der Waals surface area contributed by atoms with Crippen LogP contribution in [-0.4, -0.2) is 5.54 Å². The third-order valence-corrected chi connectivity index (χ3v) is 3.47. The zero-order valence-corrected chi connectivity index (χ0v) is 13.8. The van der Waals surface area contributed by atoms with Crippen LogP contribution in [0.3, 0.4) is 0 Å². The van der Waals surface area contributed by atoms with Crippen LogP contribution in [0.2, 0.25) is 5.02 Å². The van der Waals surface area contributed by atoms with Crippen LogP contribution in [0, 0.1) is 6.92 Å². The Hall–Kier alpha value is -1.45. The zero-order chi connectivity index (χ0) is 15.5. The van der Waals surface area contributed by atoms with Gasteiger partial charge in [0.05, 0.1) is 6.26 Å². The van der Waals surface area contributed by atoms with Crippen LogP contribution in [0.15, 0.2) is 34.9 Å². The molecule has 0 fully saturated rings. The Balaban J connectivity index is 1.89. The number of hydrogen-bond acceptors (Lipinski definition) is 3. The van der Waals surface area contributed by atoms with Crippen molar-refractivity contribution < 1.29 is 9.15 Å². The third-order valence-electron chi connectivity index (χ3n) is 3.04. The van der Waals surface area contributed by atoms with Crippen molar-refractivity contribution in [1.82, 2.24) is 5.32 Å². The van der Waals surface area contributed by atoms with E-state index in [1.54, 1.807) is 6.26 Å². The first-order valence-electron chi connectivity index (χ1n) is 7.04. The molecule has 3 nitrogen and oxygen atoms in total. The Morgan fingerprint density at radius 2 is 2.00 bits per heavy atom. The molecule has 21 heavy (non-hydrogen) atoms. The quantitative estimate of drug-likeness (QED) is 0.868. The molecule has 0 aliphatic heterocycles. The molecule has 0 saturated heterocycles. The summed E-state index contributed by atoms with van der Waals surface area (Å²) >= 11 is 5.99. The molecule has 1 N–H and O–H groups in total. The normalized spacial score (nSPS) is 11.7. The third kappa shape index (κ3) is 5.10. The number of ether oxygens (including phenoxy) is 1. The lowest BCUT2D eigenvalue weighted by atomic mass is 10.1. The molecule has 0 saturated carbocycles. The Kier molecular flexibility index (Phi) is 4.96. The molecule has 0 atom stereocenters. The van der Waals surface area contributed by atoms with Crippen LogP contribution in [-0.2, 0) is 13.2 Å². The second kappa shape index (κ2) is 6.54. The fourth-order valence-electron chi connectivity index (χ4n) is 1.82. The smallest absolute Gasteiger partial charge is 0.146 e. The molecule has 1 aromatic carbocycles. The lowest BCUT2D eigenvalue weighted by molar-refractivity contribution is 0.270. The summed E-state index contributed by atoms with van der Waals surface area (Å²) in [7, 11) is 0. The average Bonchev–Trinajstić information content (AvgIpc) is 2.85. The molecule has 4 heteroatoms. The van der Waals surface area contributed by atoms with Gasteiger partial charge < -0.3 is 14.5 Å². The predicted octanol–water partition coefficient (Wildman–Crippen LogP) is 4.71. The van der Waals surface area contributed by atoms with Gasteiger partial charge in [-0.2, -0.15) is 0 Å². The Bertz CT molecular complexity index is 599. The van der Waals surface area contributed by atoms with Gasteiger partial charge in [-0.1, -0.05) is 11.6 Å². The molecule has 2 rings (SSSR count). The second-order valence-corrected chi connectivity index (χ2v) is 6.63. The second-order valence-electron chi connectivity index (χ2n) is 6.22. The van der Waals surface area contributed by atoms with Crippen molar-refractivity contribution in [3.05, 3.63) is 52.4 Å². The largest absolute Gasteiger partial charge is 0.486 e. The highest BCUT2D eigenvalue weighted by atomic mass is 35.5. The molecular formula is C17H22ClNO2. The summed E-state index contributed by atoms with van der Waals surface area (Å²) < 4.78 is 11.2. The summed E-state index contributed by atoms with van der Waals surface area (Å²) in [6, 6.07) is 7.64. The van der Waals surface area contributed by atoms with Gasteiger partial charge in [-0.25, -0.2) is 0 Å². The lowest BCUT2D eigenvalue weighted by Gasteiger charge is -2.19. The molecule has 0 bridgehead atoms. The molecule has 2 aromatic rings. The SMILES string of the molecule is Cc1cc(OCc2cc(CNC(C)(C)C)co2)ccc1Cl. The molecule has 0 radical (unpaired) electrons. The first-order chi connectivity index (χ1) is 9.83. The zero-order valence-electron chi connectivity index (χ0n) is 13.0. The van der Waals surface area contributed by atoms with E-state index in [-0.39, 0.29) is 5.54 Å². The van der Waals surface area contributed by atoms with Crippen LogP contribution >= 0.6 is 11.6 Å². The van der Waals surface area contributed by atoms with Crippen LogP contribution in [0.4, 0.5) is 0 Å². The van der Waals surface area contributed by atoms with Gasteiger partial charge in [0.1, 0.15) is 18.1 Å². The van der Waals surface area contributed by atoms with Crippen molar-refractivity contribution in [3.8, 4) is 5.75 Å².